The molecule has 120 valence electrons. The second-order valence-electron chi connectivity index (χ2n) is 5.27. The third-order valence-corrected chi connectivity index (χ3v) is 3.17. The maximum Gasteiger partial charge on any atom is 0.231 e. The zero-order chi connectivity index (χ0) is 15.7. The highest BCUT2D eigenvalue weighted by atomic mass is 15.3. The van der Waals surface area contributed by atoms with Crippen molar-refractivity contribution in [1.82, 2.24) is 15.0 Å². The van der Waals surface area contributed by atoms with Gasteiger partial charge in [0, 0.05) is 26.2 Å². The molecule has 0 spiro atoms. The number of hydrogen-bond donors (Lipinski definition) is 1. The van der Waals surface area contributed by atoms with Gasteiger partial charge in [-0.15, -0.1) is 0 Å². The lowest BCUT2D eigenvalue weighted by molar-refractivity contribution is 0.696. The molecule has 21 heavy (non-hydrogen) atoms. The number of nitrogens with two attached hydrogens (primary N) is 1. The highest BCUT2D eigenvalue weighted by Gasteiger charge is 2.15. The van der Waals surface area contributed by atoms with Crippen LogP contribution in [0.4, 0.5) is 17.8 Å². The van der Waals surface area contributed by atoms with Gasteiger partial charge in [0.15, 0.2) is 0 Å². The van der Waals surface area contributed by atoms with Gasteiger partial charge in [0.2, 0.25) is 17.8 Å². The van der Waals surface area contributed by atoms with Crippen molar-refractivity contribution in [2.45, 2.75) is 53.4 Å². The summed E-state index contributed by atoms with van der Waals surface area (Å²) in [4.78, 5) is 17.7. The Hall–Kier alpha value is -1.59. The van der Waals surface area contributed by atoms with Crippen molar-refractivity contribution in [2.24, 2.45) is 0 Å². The van der Waals surface area contributed by atoms with Crippen molar-refractivity contribution in [3.63, 3.8) is 0 Å². The molecule has 0 aliphatic rings. The van der Waals surface area contributed by atoms with E-state index >= 15 is 0 Å². The molecule has 0 radical (unpaired) electrons. The molecule has 6 heteroatoms. The summed E-state index contributed by atoms with van der Waals surface area (Å²) < 4.78 is 0. The SMILES string of the molecule is CCCN(CCC)c1nc(N)nc(N(CCC)CCC)n1. The van der Waals surface area contributed by atoms with E-state index in [1.54, 1.807) is 0 Å². The summed E-state index contributed by atoms with van der Waals surface area (Å²) in [6.07, 6.45) is 4.26. The average Bonchev–Trinajstić information content (AvgIpc) is 2.46. The van der Waals surface area contributed by atoms with E-state index in [9.17, 15) is 0 Å². The lowest BCUT2D eigenvalue weighted by Gasteiger charge is -2.25. The van der Waals surface area contributed by atoms with E-state index in [0.29, 0.717) is 17.8 Å². The first-order valence-electron chi connectivity index (χ1n) is 8.17. The molecule has 2 N–H and O–H groups in total. The van der Waals surface area contributed by atoms with Crippen LogP contribution in [0.3, 0.4) is 0 Å². The molecular formula is C15H30N6. The van der Waals surface area contributed by atoms with Crippen LogP contribution in [0.2, 0.25) is 0 Å². The maximum absolute atomic E-state index is 5.90. The van der Waals surface area contributed by atoms with E-state index in [0.717, 1.165) is 51.9 Å². The van der Waals surface area contributed by atoms with Crippen LogP contribution in [0.15, 0.2) is 0 Å². The molecule has 0 aliphatic heterocycles. The molecule has 0 fully saturated rings. The van der Waals surface area contributed by atoms with Crippen molar-refractivity contribution < 1.29 is 0 Å². The Morgan fingerprint density at radius 2 is 1.00 bits per heavy atom. The van der Waals surface area contributed by atoms with Crippen molar-refractivity contribution in [3.8, 4) is 0 Å². The highest BCUT2D eigenvalue weighted by molar-refractivity contribution is 5.43. The standard InChI is InChI=1S/C15H30N6/c1-5-9-20(10-6-2)14-17-13(16)18-15(19-14)21(11-7-3)12-8-4/h5-12H2,1-4H3,(H2,16,17,18,19). The largest absolute Gasteiger partial charge is 0.368 e. The number of hydrogen-bond acceptors (Lipinski definition) is 6. The van der Waals surface area contributed by atoms with Gasteiger partial charge in [0.05, 0.1) is 0 Å². The smallest absolute Gasteiger partial charge is 0.231 e. The van der Waals surface area contributed by atoms with Crippen LogP contribution >= 0.6 is 0 Å². The molecule has 0 atom stereocenters. The first-order chi connectivity index (χ1) is 10.2. The number of nitrogens with zero attached hydrogens (tertiary/aromatic N) is 5. The van der Waals surface area contributed by atoms with E-state index in [-0.39, 0.29) is 0 Å². The molecule has 0 aromatic carbocycles. The topological polar surface area (TPSA) is 71.2 Å². The molecule has 1 heterocycles. The summed E-state index contributed by atoms with van der Waals surface area (Å²) in [5.74, 6) is 1.72. The summed E-state index contributed by atoms with van der Waals surface area (Å²) in [5, 5.41) is 0. The number of anilines is 3. The molecule has 0 bridgehead atoms. The number of aromatic nitrogens is 3. The van der Waals surface area contributed by atoms with Crippen LogP contribution in [0.1, 0.15) is 53.4 Å². The van der Waals surface area contributed by atoms with Crippen LogP contribution in [0.5, 0.6) is 0 Å². The molecule has 0 saturated heterocycles. The molecule has 0 aliphatic carbocycles. The van der Waals surface area contributed by atoms with Crippen LogP contribution in [-0.4, -0.2) is 41.1 Å². The first-order valence-corrected chi connectivity index (χ1v) is 8.17. The van der Waals surface area contributed by atoms with E-state index in [4.69, 9.17) is 5.73 Å². The third kappa shape index (κ3) is 5.36. The Kier molecular flexibility index (Phi) is 7.79. The molecule has 0 amide bonds. The van der Waals surface area contributed by atoms with Gasteiger partial charge < -0.3 is 15.5 Å². The molecule has 0 unspecified atom stereocenters. The summed E-state index contributed by atoms with van der Waals surface area (Å²) in [6, 6.07) is 0. The van der Waals surface area contributed by atoms with Crippen molar-refractivity contribution in [1.29, 1.82) is 0 Å². The van der Waals surface area contributed by atoms with Crippen molar-refractivity contribution in [2.75, 3.05) is 41.7 Å². The van der Waals surface area contributed by atoms with Gasteiger partial charge in [0.25, 0.3) is 0 Å². The van der Waals surface area contributed by atoms with Crippen molar-refractivity contribution in [3.05, 3.63) is 0 Å². The Morgan fingerprint density at radius 3 is 1.29 bits per heavy atom. The molecule has 6 nitrogen and oxygen atoms in total. The minimum absolute atomic E-state index is 0.310. The lowest BCUT2D eigenvalue weighted by Crippen LogP contribution is -2.31. The second-order valence-corrected chi connectivity index (χ2v) is 5.27. The quantitative estimate of drug-likeness (QED) is 0.715. The predicted molar refractivity (Wildman–Crippen MR) is 89.8 cm³/mol. The fourth-order valence-corrected chi connectivity index (χ4v) is 2.36. The monoisotopic (exact) mass is 294 g/mol. The van der Waals surface area contributed by atoms with Crippen LogP contribution in [-0.2, 0) is 0 Å². The Balaban J connectivity index is 3.05. The molecule has 0 saturated carbocycles. The van der Waals surface area contributed by atoms with E-state index in [1.807, 2.05) is 0 Å². The maximum atomic E-state index is 5.90. The fourth-order valence-electron chi connectivity index (χ4n) is 2.36. The van der Waals surface area contributed by atoms with Crippen LogP contribution < -0.4 is 15.5 Å². The van der Waals surface area contributed by atoms with Crippen molar-refractivity contribution >= 4 is 17.8 Å². The highest BCUT2D eigenvalue weighted by Crippen LogP contribution is 2.16. The van der Waals surface area contributed by atoms with Gasteiger partial charge in [-0.1, -0.05) is 27.7 Å². The van der Waals surface area contributed by atoms with Gasteiger partial charge in [0.1, 0.15) is 0 Å². The average molecular weight is 294 g/mol. The van der Waals surface area contributed by atoms with E-state index in [2.05, 4.69) is 52.4 Å². The van der Waals surface area contributed by atoms with E-state index in [1.165, 1.54) is 0 Å². The normalized spacial score (nSPS) is 10.7. The zero-order valence-corrected chi connectivity index (χ0v) is 14.0. The van der Waals surface area contributed by atoms with Gasteiger partial charge in [-0.25, -0.2) is 0 Å². The Morgan fingerprint density at radius 1 is 0.667 bits per heavy atom. The van der Waals surface area contributed by atoms with Gasteiger partial charge in [-0.05, 0) is 25.7 Å². The molecular weight excluding hydrogens is 264 g/mol. The fraction of sp³-hybridized carbons (Fsp3) is 0.800. The number of nitrogen functional groups attached to an aromatic ring is 1. The summed E-state index contributed by atoms with van der Waals surface area (Å²) in [7, 11) is 0. The Bertz CT molecular complexity index is 363. The third-order valence-electron chi connectivity index (χ3n) is 3.17. The summed E-state index contributed by atoms with van der Waals surface area (Å²) >= 11 is 0. The van der Waals surface area contributed by atoms with Crippen LogP contribution in [0, 0.1) is 0 Å². The number of rotatable bonds is 10. The minimum Gasteiger partial charge on any atom is -0.368 e. The molecule has 1 aromatic rings. The summed E-state index contributed by atoms with van der Waals surface area (Å²) in [5.41, 5.74) is 5.90. The second kappa shape index (κ2) is 9.37. The van der Waals surface area contributed by atoms with E-state index < -0.39 is 0 Å². The lowest BCUT2D eigenvalue weighted by atomic mass is 10.3. The Labute approximate surface area is 128 Å². The van der Waals surface area contributed by atoms with Gasteiger partial charge in [-0.3, -0.25) is 0 Å². The van der Waals surface area contributed by atoms with Crippen LogP contribution in [0.25, 0.3) is 0 Å². The van der Waals surface area contributed by atoms with Gasteiger partial charge in [-0.2, -0.15) is 15.0 Å². The first kappa shape index (κ1) is 17.5. The zero-order valence-electron chi connectivity index (χ0n) is 14.0. The summed E-state index contributed by atoms with van der Waals surface area (Å²) in [6.45, 7) is 12.4. The molecule has 1 aromatic heterocycles. The predicted octanol–water partition coefficient (Wildman–Crippen LogP) is 2.71. The molecule has 1 rings (SSSR count). The van der Waals surface area contributed by atoms with Gasteiger partial charge >= 0.3 is 0 Å². The minimum atomic E-state index is 0.310.